The van der Waals surface area contributed by atoms with Crippen molar-refractivity contribution in [1.29, 1.82) is 0 Å². The first-order chi connectivity index (χ1) is 10.3. The molecule has 1 fully saturated rings. The van der Waals surface area contributed by atoms with Crippen LogP contribution in [0.5, 0.6) is 0 Å². The average Bonchev–Trinajstić information content (AvgIpc) is 2.54. The van der Waals surface area contributed by atoms with Crippen LogP contribution >= 0.6 is 0 Å². The van der Waals surface area contributed by atoms with Gasteiger partial charge in [0.25, 0.3) is 0 Å². The average molecular weight is 325 g/mol. The highest BCUT2D eigenvalue weighted by molar-refractivity contribution is 7.89. The molecule has 122 valence electrons. The Balaban J connectivity index is 2.33. The van der Waals surface area contributed by atoms with Gasteiger partial charge in [0.2, 0.25) is 10.0 Å². The van der Waals surface area contributed by atoms with Gasteiger partial charge in [-0.1, -0.05) is 12.1 Å². The molecule has 0 saturated carbocycles. The van der Waals surface area contributed by atoms with Crippen molar-refractivity contribution >= 4 is 15.8 Å². The van der Waals surface area contributed by atoms with E-state index in [-0.39, 0.29) is 10.7 Å². The van der Waals surface area contributed by atoms with E-state index >= 15 is 0 Å². The van der Waals surface area contributed by atoms with E-state index in [1.54, 1.807) is 26.2 Å². The number of hydrogen-bond donors (Lipinski definition) is 2. The second kappa shape index (κ2) is 6.45. The number of piperidine rings is 1. The van der Waals surface area contributed by atoms with Gasteiger partial charge in [0, 0.05) is 12.6 Å². The first-order valence-electron chi connectivity index (χ1n) is 7.33. The van der Waals surface area contributed by atoms with Crippen molar-refractivity contribution in [3.8, 4) is 0 Å². The van der Waals surface area contributed by atoms with Gasteiger partial charge in [-0.25, -0.2) is 8.42 Å². The number of rotatable bonds is 5. The maximum absolute atomic E-state index is 12.9. The Kier molecular flexibility index (Phi) is 5.01. The smallest absolute Gasteiger partial charge is 0.244 e. The molecule has 0 unspecified atom stereocenters. The fourth-order valence-electron chi connectivity index (χ4n) is 2.81. The Morgan fingerprint density at radius 2 is 1.77 bits per heavy atom. The summed E-state index contributed by atoms with van der Waals surface area (Å²) >= 11 is 0. The zero-order valence-electron chi connectivity index (χ0n) is 13.2. The molecule has 0 aromatic heterocycles. The number of sulfonamides is 1. The Morgan fingerprint density at radius 1 is 1.23 bits per heavy atom. The maximum atomic E-state index is 12.9. The molecule has 0 radical (unpaired) electrons. The van der Waals surface area contributed by atoms with Crippen LogP contribution in [0.25, 0.3) is 0 Å². The van der Waals surface area contributed by atoms with Crippen LogP contribution in [0.3, 0.4) is 0 Å². The van der Waals surface area contributed by atoms with Crippen LogP contribution in [0.2, 0.25) is 0 Å². The second-order valence-corrected chi connectivity index (χ2v) is 7.55. The largest absolute Gasteiger partial charge is 0.316 e. The number of ketones is 1. The molecular weight excluding hydrogens is 302 g/mol. The van der Waals surface area contributed by atoms with E-state index in [4.69, 9.17) is 0 Å². The fraction of sp³-hybridized carbons (Fsp3) is 0.533. The fourth-order valence-corrected chi connectivity index (χ4v) is 4.34. The molecule has 6 nitrogen and oxygen atoms in total. The monoisotopic (exact) mass is 325 g/mol. The minimum absolute atomic E-state index is 0.0812. The minimum Gasteiger partial charge on any atom is -0.316 e. The van der Waals surface area contributed by atoms with E-state index < -0.39 is 15.7 Å². The Hall–Kier alpha value is -1.28. The standard InChI is InChI=1S/C15H23N3O3S/c1-12(19)13-4-6-14(7-5-13)22(20,21)18(3)15(16-2)8-10-17-11-9-15/h4-7,16-17H,8-11H2,1-3H3. The van der Waals surface area contributed by atoms with Crippen LogP contribution in [-0.2, 0) is 10.0 Å². The third-order valence-corrected chi connectivity index (χ3v) is 6.36. The molecule has 0 amide bonds. The van der Waals surface area contributed by atoms with Gasteiger partial charge in [0.1, 0.15) is 0 Å². The first-order valence-corrected chi connectivity index (χ1v) is 8.77. The van der Waals surface area contributed by atoms with Crippen LogP contribution in [-0.4, -0.2) is 51.4 Å². The summed E-state index contributed by atoms with van der Waals surface area (Å²) in [5.74, 6) is -0.0812. The van der Waals surface area contributed by atoms with Crippen LogP contribution in [0, 0.1) is 0 Å². The molecule has 2 N–H and O–H groups in total. The normalized spacial score (nSPS) is 18.4. The highest BCUT2D eigenvalue weighted by atomic mass is 32.2. The molecule has 7 heteroatoms. The molecule has 0 spiro atoms. The molecule has 1 heterocycles. The molecule has 0 aliphatic carbocycles. The van der Waals surface area contributed by atoms with Gasteiger partial charge in [-0.3, -0.25) is 4.79 Å². The Bertz CT molecular complexity index is 635. The topological polar surface area (TPSA) is 78.5 Å². The predicted molar refractivity (Wildman–Crippen MR) is 85.3 cm³/mol. The molecule has 2 rings (SSSR count). The number of carbonyl (C=O) groups excluding carboxylic acids is 1. The summed E-state index contributed by atoms with van der Waals surface area (Å²) in [6, 6.07) is 6.09. The van der Waals surface area contributed by atoms with Crippen LogP contribution < -0.4 is 10.6 Å². The predicted octanol–water partition coefficient (Wildman–Crippen LogP) is 0.809. The Labute approximate surface area is 131 Å². The zero-order chi connectivity index (χ0) is 16.4. The molecular formula is C15H23N3O3S. The van der Waals surface area contributed by atoms with Gasteiger partial charge in [0.15, 0.2) is 5.78 Å². The molecule has 0 bridgehead atoms. The summed E-state index contributed by atoms with van der Waals surface area (Å²) in [7, 11) is -0.225. The maximum Gasteiger partial charge on any atom is 0.244 e. The molecule has 0 atom stereocenters. The lowest BCUT2D eigenvalue weighted by molar-refractivity contribution is 0.101. The van der Waals surface area contributed by atoms with E-state index in [0.29, 0.717) is 18.4 Å². The number of carbonyl (C=O) groups is 1. The van der Waals surface area contributed by atoms with Gasteiger partial charge < -0.3 is 10.6 Å². The van der Waals surface area contributed by atoms with Gasteiger partial charge in [0.05, 0.1) is 10.6 Å². The van der Waals surface area contributed by atoms with Crippen LogP contribution in [0.4, 0.5) is 0 Å². The molecule has 1 aliphatic rings. The van der Waals surface area contributed by atoms with Crippen molar-refractivity contribution in [3.63, 3.8) is 0 Å². The van der Waals surface area contributed by atoms with E-state index in [0.717, 1.165) is 13.1 Å². The molecule has 1 aromatic carbocycles. The zero-order valence-corrected chi connectivity index (χ0v) is 14.0. The van der Waals surface area contributed by atoms with Crippen LogP contribution in [0.1, 0.15) is 30.1 Å². The summed E-state index contributed by atoms with van der Waals surface area (Å²) in [6.07, 6.45) is 1.40. The molecule has 1 aliphatic heterocycles. The lowest BCUT2D eigenvalue weighted by atomic mass is 9.99. The summed E-state index contributed by atoms with van der Waals surface area (Å²) in [4.78, 5) is 11.5. The van der Waals surface area contributed by atoms with Gasteiger partial charge in [-0.2, -0.15) is 4.31 Å². The quantitative estimate of drug-likeness (QED) is 0.619. The van der Waals surface area contributed by atoms with Gasteiger partial charge in [-0.05, 0) is 52.0 Å². The number of hydrogen-bond acceptors (Lipinski definition) is 5. The SMILES string of the molecule is CNC1(N(C)S(=O)(=O)c2ccc(C(C)=O)cc2)CCNCC1. The summed E-state index contributed by atoms with van der Waals surface area (Å²) in [5.41, 5.74) is -0.0737. The minimum atomic E-state index is -3.62. The number of benzene rings is 1. The first kappa shape index (κ1) is 17.1. The van der Waals surface area contributed by atoms with E-state index in [2.05, 4.69) is 10.6 Å². The highest BCUT2D eigenvalue weighted by Gasteiger charge is 2.41. The molecule has 1 saturated heterocycles. The van der Waals surface area contributed by atoms with Crippen molar-refractivity contribution in [3.05, 3.63) is 29.8 Å². The lowest BCUT2D eigenvalue weighted by Crippen LogP contribution is -2.62. The van der Waals surface area contributed by atoms with Crippen molar-refractivity contribution in [2.75, 3.05) is 27.2 Å². The summed E-state index contributed by atoms with van der Waals surface area (Å²) in [6.45, 7) is 2.99. The van der Waals surface area contributed by atoms with Crippen molar-refractivity contribution in [2.45, 2.75) is 30.3 Å². The summed E-state index contributed by atoms with van der Waals surface area (Å²) < 4.78 is 27.1. The number of Topliss-reactive ketones (excluding diaryl/α,β-unsaturated/α-hetero) is 1. The number of nitrogens with zero attached hydrogens (tertiary/aromatic N) is 1. The van der Waals surface area contributed by atoms with Crippen LogP contribution in [0.15, 0.2) is 29.2 Å². The summed E-state index contributed by atoms with van der Waals surface area (Å²) in [5, 5.41) is 6.42. The van der Waals surface area contributed by atoms with Crippen molar-refractivity contribution < 1.29 is 13.2 Å². The Morgan fingerprint density at radius 3 is 2.23 bits per heavy atom. The highest BCUT2D eigenvalue weighted by Crippen LogP contribution is 2.28. The van der Waals surface area contributed by atoms with Crippen molar-refractivity contribution in [1.82, 2.24) is 14.9 Å². The molecule has 22 heavy (non-hydrogen) atoms. The second-order valence-electron chi connectivity index (χ2n) is 5.58. The lowest BCUT2D eigenvalue weighted by Gasteiger charge is -2.43. The third-order valence-electron chi connectivity index (χ3n) is 4.42. The van der Waals surface area contributed by atoms with E-state index in [9.17, 15) is 13.2 Å². The molecule has 1 aromatic rings. The van der Waals surface area contributed by atoms with Gasteiger partial charge >= 0.3 is 0 Å². The third kappa shape index (κ3) is 3.08. The van der Waals surface area contributed by atoms with Gasteiger partial charge in [-0.15, -0.1) is 0 Å². The van der Waals surface area contributed by atoms with E-state index in [1.807, 2.05) is 0 Å². The van der Waals surface area contributed by atoms with E-state index in [1.165, 1.54) is 23.4 Å². The van der Waals surface area contributed by atoms with Crippen molar-refractivity contribution in [2.24, 2.45) is 0 Å². The number of nitrogens with one attached hydrogen (secondary N) is 2.